The molecule has 0 aliphatic heterocycles. The van der Waals surface area contributed by atoms with E-state index in [0.717, 1.165) is 16.2 Å². The molecule has 4 heteroatoms. The summed E-state index contributed by atoms with van der Waals surface area (Å²) in [6.07, 6.45) is 0.913. The van der Waals surface area contributed by atoms with Crippen LogP contribution in [0.15, 0.2) is 24.3 Å². The topological polar surface area (TPSA) is 12.0 Å². The number of benzene rings is 1. The zero-order valence-corrected chi connectivity index (χ0v) is 12.8. The normalized spacial score (nSPS) is 12.7. The SMILES string of the molecule is CCCNC(c1ccc(C)s1)c1c(F)ccc(C)c1F. The van der Waals surface area contributed by atoms with Gasteiger partial charge in [0.2, 0.25) is 0 Å². The molecule has 1 aromatic heterocycles. The summed E-state index contributed by atoms with van der Waals surface area (Å²) in [5.74, 6) is -0.947. The fraction of sp³-hybridized carbons (Fsp3) is 0.375. The second-order valence-electron chi connectivity index (χ2n) is 4.93. The lowest BCUT2D eigenvalue weighted by Gasteiger charge is -2.20. The van der Waals surface area contributed by atoms with Crippen molar-refractivity contribution in [1.82, 2.24) is 5.32 Å². The third-order valence-electron chi connectivity index (χ3n) is 3.25. The maximum absolute atomic E-state index is 14.4. The van der Waals surface area contributed by atoms with Gasteiger partial charge in [0.1, 0.15) is 11.6 Å². The molecule has 0 fully saturated rings. The zero-order valence-electron chi connectivity index (χ0n) is 12.0. The average molecular weight is 295 g/mol. The summed E-state index contributed by atoms with van der Waals surface area (Å²) in [5, 5.41) is 3.25. The number of thiophene rings is 1. The third kappa shape index (κ3) is 3.07. The van der Waals surface area contributed by atoms with Crippen LogP contribution in [0.1, 0.15) is 40.3 Å². The molecule has 0 spiro atoms. The smallest absolute Gasteiger partial charge is 0.134 e. The van der Waals surface area contributed by atoms with Gasteiger partial charge in [-0.25, -0.2) is 8.78 Å². The highest BCUT2D eigenvalue weighted by Gasteiger charge is 2.23. The van der Waals surface area contributed by atoms with Crippen molar-refractivity contribution in [3.8, 4) is 0 Å². The maximum atomic E-state index is 14.4. The summed E-state index contributed by atoms with van der Waals surface area (Å²) < 4.78 is 28.5. The molecule has 20 heavy (non-hydrogen) atoms. The van der Waals surface area contributed by atoms with Gasteiger partial charge in [0, 0.05) is 15.3 Å². The molecule has 1 aromatic carbocycles. The molecular formula is C16H19F2NS. The molecular weight excluding hydrogens is 276 g/mol. The van der Waals surface area contributed by atoms with E-state index in [1.165, 1.54) is 12.1 Å². The first-order valence-corrected chi connectivity index (χ1v) is 7.60. The van der Waals surface area contributed by atoms with Gasteiger partial charge in [-0.05, 0) is 50.6 Å². The summed E-state index contributed by atoms with van der Waals surface area (Å²) in [4.78, 5) is 2.08. The molecule has 0 aliphatic rings. The molecule has 1 heterocycles. The summed E-state index contributed by atoms with van der Waals surface area (Å²) in [5.41, 5.74) is 0.596. The number of nitrogens with one attached hydrogen (secondary N) is 1. The first-order valence-electron chi connectivity index (χ1n) is 6.78. The standard InChI is InChI=1S/C16H19F2NS/c1-4-9-19-16(13-8-6-11(3)20-13)14-12(17)7-5-10(2)15(14)18/h5-8,16,19H,4,9H2,1-3H3. The lowest BCUT2D eigenvalue weighted by Crippen LogP contribution is -2.24. The molecule has 2 rings (SSSR count). The Labute approximate surface area is 122 Å². The van der Waals surface area contributed by atoms with Crippen molar-refractivity contribution in [2.75, 3.05) is 6.54 Å². The predicted molar refractivity (Wildman–Crippen MR) is 80.3 cm³/mol. The van der Waals surface area contributed by atoms with Gasteiger partial charge in [0.15, 0.2) is 0 Å². The number of hydrogen-bond acceptors (Lipinski definition) is 2. The second kappa shape index (κ2) is 6.46. The van der Waals surface area contributed by atoms with E-state index in [2.05, 4.69) is 5.32 Å². The van der Waals surface area contributed by atoms with E-state index in [4.69, 9.17) is 0 Å². The van der Waals surface area contributed by atoms with Crippen LogP contribution in [-0.4, -0.2) is 6.54 Å². The van der Waals surface area contributed by atoms with Gasteiger partial charge in [0.25, 0.3) is 0 Å². The van der Waals surface area contributed by atoms with Crippen molar-refractivity contribution in [2.45, 2.75) is 33.2 Å². The molecule has 1 unspecified atom stereocenters. The fourth-order valence-electron chi connectivity index (χ4n) is 2.19. The molecule has 2 aromatic rings. The van der Waals surface area contributed by atoms with Crippen molar-refractivity contribution >= 4 is 11.3 Å². The van der Waals surface area contributed by atoms with Crippen LogP contribution in [0.4, 0.5) is 8.78 Å². The van der Waals surface area contributed by atoms with Gasteiger partial charge >= 0.3 is 0 Å². The average Bonchev–Trinajstić information content (AvgIpc) is 2.84. The summed E-state index contributed by atoms with van der Waals surface area (Å²) >= 11 is 1.57. The largest absolute Gasteiger partial charge is 0.305 e. The van der Waals surface area contributed by atoms with E-state index in [9.17, 15) is 8.78 Å². The number of rotatable bonds is 5. The van der Waals surface area contributed by atoms with Crippen LogP contribution in [0, 0.1) is 25.5 Å². The molecule has 108 valence electrons. The minimum absolute atomic E-state index is 0.125. The van der Waals surface area contributed by atoms with Crippen molar-refractivity contribution in [1.29, 1.82) is 0 Å². The van der Waals surface area contributed by atoms with Crippen LogP contribution in [0.5, 0.6) is 0 Å². The minimum Gasteiger partial charge on any atom is -0.305 e. The molecule has 0 saturated carbocycles. The van der Waals surface area contributed by atoms with Crippen LogP contribution >= 0.6 is 11.3 Å². The van der Waals surface area contributed by atoms with E-state index < -0.39 is 17.7 Å². The van der Waals surface area contributed by atoms with Gasteiger partial charge in [-0.2, -0.15) is 0 Å². The molecule has 0 saturated heterocycles. The number of hydrogen-bond donors (Lipinski definition) is 1. The second-order valence-corrected chi connectivity index (χ2v) is 6.25. The van der Waals surface area contributed by atoms with E-state index >= 15 is 0 Å². The summed E-state index contributed by atoms with van der Waals surface area (Å²) in [6.45, 7) is 6.41. The third-order valence-corrected chi connectivity index (χ3v) is 4.32. The molecule has 0 amide bonds. The van der Waals surface area contributed by atoms with Gasteiger partial charge < -0.3 is 5.32 Å². The summed E-state index contributed by atoms with van der Waals surface area (Å²) in [7, 11) is 0. The Morgan fingerprint density at radius 3 is 2.50 bits per heavy atom. The summed E-state index contributed by atoms with van der Waals surface area (Å²) in [6, 6.07) is 6.31. The maximum Gasteiger partial charge on any atom is 0.134 e. The number of aryl methyl sites for hydroxylation is 2. The molecule has 0 radical (unpaired) electrons. The van der Waals surface area contributed by atoms with Crippen molar-refractivity contribution in [3.63, 3.8) is 0 Å². The molecule has 1 nitrogen and oxygen atoms in total. The Balaban J connectivity index is 2.49. The zero-order chi connectivity index (χ0) is 14.7. The Bertz CT molecular complexity index is 592. The highest BCUT2D eigenvalue weighted by Crippen LogP contribution is 2.32. The van der Waals surface area contributed by atoms with Crippen LogP contribution in [0.3, 0.4) is 0 Å². The Kier molecular flexibility index (Phi) is 4.89. The van der Waals surface area contributed by atoms with Crippen molar-refractivity contribution in [2.24, 2.45) is 0 Å². The lowest BCUT2D eigenvalue weighted by atomic mass is 10.0. The molecule has 1 N–H and O–H groups in total. The quantitative estimate of drug-likeness (QED) is 0.840. The van der Waals surface area contributed by atoms with Crippen LogP contribution in [0.25, 0.3) is 0 Å². The van der Waals surface area contributed by atoms with Gasteiger partial charge in [0.05, 0.1) is 6.04 Å². The van der Waals surface area contributed by atoms with E-state index in [1.807, 2.05) is 26.0 Å². The Hall–Kier alpha value is -1.26. The van der Waals surface area contributed by atoms with Crippen LogP contribution in [0.2, 0.25) is 0 Å². The van der Waals surface area contributed by atoms with Gasteiger partial charge in [-0.3, -0.25) is 0 Å². The monoisotopic (exact) mass is 295 g/mol. The van der Waals surface area contributed by atoms with Gasteiger partial charge in [-0.1, -0.05) is 13.0 Å². The highest BCUT2D eigenvalue weighted by atomic mass is 32.1. The van der Waals surface area contributed by atoms with Gasteiger partial charge in [-0.15, -0.1) is 11.3 Å². The fourth-order valence-corrected chi connectivity index (χ4v) is 3.15. The first-order chi connectivity index (χ1) is 9.54. The Morgan fingerprint density at radius 2 is 1.90 bits per heavy atom. The number of halogens is 2. The van der Waals surface area contributed by atoms with E-state index in [1.54, 1.807) is 18.3 Å². The molecule has 0 bridgehead atoms. The lowest BCUT2D eigenvalue weighted by molar-refractivity contribution is 0.502. The Morgan fingerprint density at radius 1 is 1.15 bits per heavy atom. The van der Waals surface area contributed by atoms with E-state index in [-0.39, 0.29) is 5.56 Å². The first kappa shape index (κ1) is 15.1. The van der Waals surface area contributed by atoms with Crippen molar-refractivity contribution < 1.29 is 8.78 Å². The predicted octanol–water partition coefficient (Wildman–Crippen LogP) is 4.73. The van der Waals surface area contributed by atoms with E-state index in [0.29, 0.717) is 12.1 Å². The highest BCUT2D eigenvalue weighted by molar-refractivity contribution is 7.12. The molecule has 1 atom stereocenters. The van der Waals surface area contributed by atoms with Crippen molar-refractivity contribution in [3.05, 3.63) is 56.8 Å². The molecule has 0 aliphatic carbocycles. The van der Waals surface area contributed by atoms with Crippen LogP contribution in [-0.2, 0) is 0 Å². The minimum atomic E-state index is -0.493. The van der Waals surface area contributed by atoms with Crippen LogP contribution < -0.4 is 5.32 Å².